The van der Waals surface area contributed by atoms with Crippen LogP contribution in [0.15, 0.2) is 102 Å². The van der Waals surface area contributed by atoms with Crippen LogP contribution in [0.2, 0.25) is 0 Å². The fourth-order valence-corrected chi connectivity index (χ4v) is 6.95. The van der Waals surface area contributed by atoms with Crippen LogP contribution in [0, 0.1) is 13.8 Å². The van der Waals surface area contributed by atoms with Crippen LogP contribution >= 0.6 is 0 Å². The number of methoxy groups -OCH3 is 1. The fourth-order valence-electron chi connectivity index (χ4n) is 5.34. The van der Waals surface area contributed by atoms with Gasteiger partial charge in [-0.05, 0) is 59.4 Å². The van der Waals surface area contributed by atoms with Crippen LogP contribution in [0.3, 0.4) is 0 Å². The van der Waals surface area contributed by atoms with E-state index in [-0.39, 0.29) is 17.0 Å². The Hall–Kier alpha value is -3.78. The minimum Gasteiger partial charge on any atom is -0.467 e. The number of aryl methyl sites for hydroxylation is 2. The van der Waals surface area contributed by atoms with Gasteiger partial charge in [0.25, 0.3) is 0 Å². The van der Waals surface area contributed by atoms with Crippen LogP contribution < -0.4 is 0 Å². The van der Waals surface area contributed by atoms with E-state index < -0.39 is 27.6 Å². The Morgan fingerprint density at radius 1 is 0.868 bits per heavy atom. The molecule has 5 rings (SSSR count). The number of benzene rings is 4. The molecule has 194 valence electrons. The van der Waals surface area contributed by atoms with Gasteiger partial charge in [-0.1, -0.05) is 90.5 Å². The number of carbonyl (C=O) groups excluding carboxylic acids is 1. The van der Waals surface area contributed by atoms with E-state index in [4.69, 9.17) is 4.74 Å². The van der Waals surface area contributed by atoms with Crippen molar-refractivity contribution < 1.29 is 23.1 Å². The van der Waals surface area contributed by atoms with Gasteiger partial charge in [0.1, 0.15) is 0 Å². The standard InChI is InChI=1S/C31H29NO5S/c1-21-16-18-24(19-17-21)38(35,36)32-20-23-11-5-6-12-25(23)26-13-7-8-14-27(26)29(32)31(34,30(33)37-3)28-15-9-4-10-22(28)2/h4-19,29,34H,20H2,1-3H3/t29?,31-/m1/s1. The summed E-state index contributed by atoms with van der Waals surface area (Å²) >= 11 is 0. The summed E-state index contributed by atoms with van der Waals surface area (Å²) in [5.41, 5.74) is 2.32. The van der Waals surface area contributed by atoms with Gasteiger partial charge in [-0.3, -0.25) is 0 Å². The Kier molecular flexibility index (Phi) is 6.69. The summed E-state index contributed by atoms with van der Waals surface area (Å²) in [5.74, 6) is -0.943. The number of hydrogen-bond donors (Lipinski definition) is 1. The molecule has 0 bridgehead atoms. The number of carbonyl (C=O) groups is 1. The molecule has 6 nitrogen and oxygen atoms in total. The predicted molar refractivity (Wildman–Crippen MR) is 146 cm³/mol. The molecule has 38 heavy (non-hydrogen) atoms. The number of rotatable bonds is 5. The molecule has 1 unspecified atom stereocenters. The smallest absolute Gasteiger partial charge is 0.344 e. The Morgan fingerprint density at radius 3 is 2.16 bits per heavy atom. The number of esters is 1. The van der Waals surface area contributed by atoms with Crippen molar-refractivity contribution in [3.63, 3.8) is 0 Å². The highest BCUT2D eigenvalue weighted by Crippen LogP contribution is 2.49. The van der Waals surface area contributed by atoms with Gasteiger partial charge >= 0.3 is 5.97 Å². The van der Waals surface area contributed by atoms with Crippen LogP contribution in [0.1, 0.15) is 33.9 Å². The van der Waals surface area contributed by atoms with Crippen molar-refractivity contribution >= 4 is 16.0 Å². The SMILES string of the molecule is COC(=O)[C@@](O)(c1ccccc1C)C1c2ccccc2-c2ccccc2CN1S(=O)(=O)c1ccc(C)cc1. The van der Waals surface area contributed by atoms with E-state index in [0.29, 0.717) is 11.1 Å². The van der Waals surface area contributed by atoms with E-state index in [1.807, 2.05) is 43.3 Å². The monoisotopic (exact) mass is 527 g/mol. The van der Waals surface area contributed by atoms with Gasteiger partial charge in [-0.15, -0.1) is 0 Å². The Morgan fingerprint density at radius 2 is 1.47 bits per heavy atom. The molecule has 0 fully saturated rings. The maximum atomic E-state index is 14.4. The molecule has 1 aliphatic rings. The van der Waals surface area contributed by atoms with Crippen LogP contribution in [0.4, 0.5) is 0 Å². The van der Waals surface area contributed by atoms with E-state index in [9.17, 15) is 18.3 Å². The highest BCUT2D eigenvalue weighted by atomic mass is 32.2. The average molecular weight is 528 g/mol. The minimum absolute atomic E-state index is 0.0586. The quantitative estimate of drug-likeness (QED) is 0.357. The number of nitrogens with zero attached hydrogens (tertiary/aromatic N) is 1. The van der Waals surface area contributed by atoms with Gasteiger partial charge < -0.3 is 9.84 Å². The molecule has 0 aliphatic carbocycles. The second-order valence-corrected chi connectivity index (χ2v) is 11.5. The molecule has 1 aliphatic heterocycles. The Balaban J connectivity index is 1.88. The van der Waals surface area contributed by atoms with Gasteiger partial charge in [-0.25, -0.2) is 13.2 Å². The summed E-state index contributed by atoms with van der Waals surface area (Å²) in [5, 5.41) is 12.6. The minimum atomic E-state index is -4.22. The lowest BCUT2D eigenvalue weighted by Crippen LogP contribution is -2.51. The van der Waals surface area contributed by atoms with Crippen LogP contribution in [0.5, 0.6) is 0 Å². The summed E-state index contributed by atoms with van der Waals surface area (Å²) < 4.78 is 35.3. The third-order valence-electron chi connectivity index (χ3n) is 7.25. The first-order valence-corrected chi connectivity index (χ1v) is 13.8. The van der Waals surface area contributed by atoms with Gasteiger partial charge in [0.05, 0.1) is 18.0 Å². The zero-order valence-electron chi connectivity index (χ0n) is 21.5. The van der Waals surface area contributed by atoms with Gasteiger partial charge in [0, 0.05) is 6.54 Å². The van der Waals surface area contributed by atoms with Gasteiger partial charge in [0.15, 0.2) is 0 Å². The highest BCUT2D eigenvalue weighted by Gasteiger charge is 2.55. The first-order valence-electron chi connectivity index (χ1n) is 12.3. The second-order valence-electron chi connectivity index (χ2n) is 9.58. The molecule has 1 heterocycles. The first-order chi connectivity index (χ1) is 18.2. The molecule has 7 heteroatoms. The molecule has 4 aromatic rings. The zero-order chi connectivity index (χ0) is 27.1. The average Bonchev–Trinajstić information content (AvgIpc) is 3.08. The highest BCUT2D eigenvalue weighted by molar-refractivity contribution is 7.89. The third-order valence-corrected chi connectivity index (χ3v) is 9.08. The number of hydrogen-bond acceptors (Lipinski definition) is 5. The number of fused-ring (bicyclic) bond motifs is 3. The van der Waals surface area contributed by atoms with Crippen LogP contribution in [0.25, 0.3) is 11.1 Å². The predicted octanol–water partition coefficient (Wildman–Crippen LogP) is 5.28. The van der Waals surface area contributed by atoms with Gasteiger partial charge in [-0.2, -0.15) is 4.31 Å². The topological polar surface area (TPSA) is 83.9 Å². The van der Waals surface area contributed by atoms with Crippen molar-refractivity contribution in [1.82, 2.24) is 4.31 Å². The Bertz CT molecular complexity index is 1610. The molecule has 2 atom stereocenters. The maximum Gasteiger partial charge on any atom is 0.344 e. The van der Waals surface area contributed by atoms with Crippen molar-refractivity contribution in [2.45, 2.75) is 36.9 Å². The maximum absolute atomic E-state index is 14.4. The lowest BCUT2D eigenvalue weighted by Gasteiger charge is -2.41. The number of ether oxygens (including phenoxy) is 1. The molecular formula is C31H29NO5S. The van der Waals surface area contributed by atoms with Crippen LogP contribution in [-0.4, -0.2) is 30.9 Å². The van der Waals surface area contributed by atoms with Crippen molar-refractivity contribution in [1.29, 1.82) is 0 Å². The molecule has 0 radical (unpaired) electrons. The van der Waals surface area contributed by atoms with E-state index in [1.54, 1.807) is 67.6 Å². The molecular weight excluding hydrogens is 498 g/mol. The molecule has 1 N–H and O–H groups in total. The molecule has 0 spiro atoms. The summed E-state index contributed by atoms with van der Waals surface area (Å²) in [6.07, 6.45) is 0. The van der Waals surface area contributed by atoms with E-state index in [2.05, 4.69) is 0 Å². The summed E-state index contributed by atoms with van der Waals surface area (Å²) in [7, 11) is -3.02. The molecule has 0 saturated heterocycles. The van der Waals surface area contributed by atoms with E-state index in [1.165, 1.54) is 11.4 Å². The van der Waals surface area contributed by atoms with E-state index >= 15 is 0 Å². The molecule has 0 saturated carbocycles. The first kappa shape index (κ1) is 25.9. The largest absolute Gasteiger partial charge is 0.467 e. The lowest BCUT2D eigenvalue weighted by molar-refractivity contribution is -0.171. The zero-order valence-corrected chi connectivity index (χ0v) is 22.3. The van der Waals surface area contributed by atoms with Gasteiger partial charge in [0.2, 0.25) is 15.6 Å². The summed E-state index contributed by atoms with van der Waals surface area (Å²) in [6, 6.07) is 27.0. The summed E-state index contributed by atoms with van der Waals surface area (Å²) in [6.45, 7) is 3.60. The normalized spacial score (nSPS) is 17.0. The number of aliphatic hydroxyl groups is 1. The van der Waals surface area contributed by atoms with Crippen molar-refractivity contribution in [3.05, 3.63) is 125 Å². The number of sulfonamides is 1. The molecule has 0 aromatic heterocycles. The fraction of sp³-hybridized carbons (Fsp3) is 0.194. The van der Waals surface area contributed by atoms with Crippen molar-refractivity contribution in [2.75, 3.05) is 7.11 Å². The van der Waals surface area contributed by atoms with E-state index in [0.717, 1.165) is 22.3 Å². The third kappa shape index (κ3) is 4.13. The Labute approximate surface area is 223 Å². The molecule has 0 amide bonds. The van der Waals surface area contributed by atoms with Crippen molar-refractivity contribution in [2.24, 2.45) is 0 Å². The van der Waals surface area contributed by atoms with Crippen LogP contribution in [-0.2, 0) is 31.7 Å². The lowest BCUT2D eigenvalue weighted by atomic mass is 9.79. The molecule has 4 aromatic carbocycles. The van der Waals surface area contributed by atoms with Crippen molar-refractivity contribution in [3.8, 4) is 11.1 Å². The summed E-state index contributed by atoms with van der Waals surface area (Å²) in [4.78, 5) is 13.7. The second kappa shape index (κ2) is 9.83.